The average Bonchev–Trinajstić information content (AvgIpc) is 2.42. The molecule has 0 aromatic carbocycles. The number of aromatic nitrogens is 2. The first-order chi connectivity index (χ1) is 6.59. The zero-order valence-electron chi connectivity index (χ0n) is 8.45. The van der Waals surface area contributed by atoms with Crippen LogP contribution in [0.15, 0.2) is 23.1 Å². The molecule has 0 unspecified atom stereocenters. The summed E-state index contributed by atoms with van der Waals surface area (Å²) in [7, 11) is 4.07. The molecule has 0 aliphatic heterocycles. The molecule has 2 heterocycles. The van der Waals surface area contributed by atoms with Gasteiger partial charge < -0.3 is 4.90 Å². The number of fused-ring (bicyclic) bond motifs is 1. The van der Waals surface area contributed by atoms with Crippen LogP contribution >= 0.6 is 15.9 Å². The molecule has 0 fully saturated rings. The lowest BCUT2D eigenvalue weighted by molar-refractivity contribution is 1.07. The lowest BCUT2D eigenvalue weighted by atomic mass is 10.3. The molecule has 0 N–H and O–H groups in total. The minimum absolute atomic E-state index is 0.857. The van der Waals surface area contributed by atoms with Gasteiger partial charge >= 0.3 is 0 Å². The number of halogens is 1. The van der Waals surface area contributed by atoms with Crippen molar-refractivity contribution >= 4 is 27.1 Å². The summed E-state index contributed by atoms with van der Waals surface area (Å²) in [5.41, 5.74) is 3.37. The van der Waals surface area contributed by atoms with Gasteiger partial charge in [0, 0.05) is 26.0 Å². The third-order valence-corrected chi connectivity index (χ3v) is 2.84. The highest BCUT2D eigenvalue weighted by Crippen LogP contribution is 2.21. The Morgan fingerprint density at radius 2 is 2.14 bits per heavy atom. The summed E-state index contributed by atoms with van der Waals surface area (Å²) in [5, 5.41) is 0. The van der Waals surface area contributed by atoms with Crippen LogP contribution in [-0.2, 0) is 0 Å². The number of hydrogen-bond donors (Lipinski definition) is 0. The maximum Gasteiger partial charge on any atom is 0.181 e. The number of anilines is 1. The van der Waals surface area contributed by atoms with E-state index in [-0.39, 0.29) is 0 Å². The van der Waals surface area contributed by atoms with Crippen LogP contribution < -0.4 is 4.90 Å². The van der Waals surface area contributed by atoms with Crippen LogP contribution in [0.4, 0.5) is 5.69 Å². The van der Waals surface area contributed by atoms with Gasteiger partial charge in [0.05, 0.1) is 11.2 Å². The Hall–Kier alpha value is -1.03. The molecule has 0 bridgehead atoms. The highest BCUT2D eigenvalue weighted by molar-refractivity contribution is 9.10. The normalized spacial score (nSPS) is 10.9. The van der Waals surface area contributed by atoms with E-state index in [9.17, 15) is 0 Å². The minimum Gasteiger partial charge on any atom is -0.378 e. The maximum absolute atomic E-state index is 4.35. The molecule has 0 saturated carbocycles. The van der Waals surface area contributed by atoms with Gasteiger partial charge in [0.15, 0.2) is 4.73 Å². The first kappa shape index (κ1) is 9.52. The molecule has 2 aromatic heterocycles. The Morgan fingerprint density at radius 3 is 2.79 bits per heavy atom. The molecule has 4 heteroatoms. The fraction of sp³-hybridized carbons (Fsp3) is 0.300. The zero-order valence-corrected chi connectivity index (χ0v) is 10.0. The van der Waals surface area contributed by atoms with Crippen LogP contribution in [0.2, 0.25) is 0 Å². The van der Waals surface area contributed by atoms with Gasteiger partial charge in [-0.15, -0.1) is 0 Å². The van der Waals surface area contributed by atoms with E-state index in [1.165, 1.54) is 5.69 Å². The number of nitrogens with zero attached hydrogens (tertiary/aromatic N) is 3. The molecule has 0 aliphatic carbocycles. The summed E-state index contributed by atoms with van der Waals surface area (Å²) in [4.78, 5) is 6.44. The molecule has 0 aliphatic rings. The molecular formula is C10H12BrN3. The van der Waals surface area contributed by atoms with Crippen LogP contribution in [0.25, 0.3) is 5.52 Å². The highest BCUT2D eigenvalue weighted by atomic mass is 79.9. The van der Waals surface area contributed by atoms with Crippen molar-refractivity contribution in [1.29, 1.82) is 0 Å². The predicted molar refractivity (Wildman–Crippen MR) is 62.0 cm³/mol. The molecule has 0 atom stereocenters. The number of hydrogen-bond acceptors (Lipinski definition) is 2. The van der Waals surface area contributed by atoms with Gasteiger partial charge in [0.1, 0.15) is 0 Å². The standard InChI is InChI=1S/C10H12BrN3/c1-7-9-6-8(13(2)3)4-5-14(9)10(11)12-7/h4-6H,1-3H3. The van der Waals surface area contributed by atoms with Gasteiger partial charge in [-0.2, -0.15) is 0 Å². The number of rotatable bonds is 1. The molecular weight excluding hydrogens is 242 g/mol. The van der Waals surface area contributed by atoms with E-state index in [0.29, 0.717) is 0 Å². The smallest absolute Gasteiger partial charge is 0.181 e. The molecule has 3 nitrogen and oxygen atoms in total. The second kappa shape index (κ2) is 3.28. The number of imidazole rings is 1. The lowest BCUT2D eigenvalue weighted by Crippen LogP contribution is -2.08. The van der Waals surface area contributed by atoms with E-state index in [2.05, 4.69) is 37.9 Å². The summed E-state index contributed by atoms with van der Waals surface area (Å²) in [5.74, 6) is 0. The van der Waals surface area contributed by atoms with Crippen molar-refractivity contribution < 1.29 is 0 Å². The number of aryl methyl sites for hydroxylation is 1. The van der Waals surface area contributed by atoms with Crippen LogP contribution in [0.1, 0.15) is 5.69 Å². The van der Waals surface area contributed by atoms with Gasteiger partial charge in [-0.05, 0) is 35.0 Å². The molecule has 2 rings (SSSR count). The Kier molecular flexibility index (Phi) is 2.23. The van der Waals surface area contributed by atoms with Crippen LogP contribution in [-0.4, -0.2) is 23.5 Å². The van der Waals surface area contributed by atoms with E-state index in [0.717, 1.165) is 15.9 Å². The van der Waals surface area contributed by atoms with Crippen molar-refractivity contribution in [1.82, 2.24) is 9.38 Å². The molecule has 14 heavy (non-hydrogen) atoms. The van der Waals surface area contributed by atoms with E-state index in [1.54, 1.807) is 0 Å². The zero-order chi connectivity index (χ0) is 10.3. The summed E-state index contributed by atoms with van der Waals surface area (Å²) in [6.07, 6.45) is 2.02. The largest absolute Gasteiger partial charge is 0.378 e. The summed E-state index contributed by atoms with van der Waals surface area (Å²) in [6, 6.07) is 4.20. The van der Waals surface area contributed by atoms with E-state index >= 15 is 0 Å². The van der Waals surface area contributed by atoms with E-state index < -0.39 is 0 Å². The predicted octanol–water partition coefficient (Wildman–Crippen LogP) is 2.47. The molecule has 0 radical (unpaired) electrons. The monoisotopic (exact) mass is 253 g/mol. The fourth-order valence-electron chi connectivity index (χ4n) is 1.46. The third-order valence-electron chi connectivity index (χ3n) is 2.28. The van der Waals surface area contributed by atoms with E-state index in [1.807, 2.05) is 31.6 Å². The van der Waals surface area contributed by atoms with Gasteiger partial charge in [-0.1, -0.05) is 0 Å². The first-order valence-corrected chi connectivity index (χ1v) is 5.20. The fourth-order valence-corrected chi connectivity index (χ4v) is 2.03. The Bertz CT molecular complexity index is 473. The lowest BCUT2D eigenvalue weighted by Gasteiger charge is -2.12. The maximum atomic E-state index is 4.35. The van der Waals surface area contributed by atoms with Crippen molar-refractivity contribution in [3.8, 4) is 0 Å². The van der Waals surface area contributed by atoms with Crippen LogP contribution in [0, 0.1) is 6.92 Å². The Balaban J connectivity index is 2.71. The Morgan fingerprint density at radius 1 is 1.43 bits per heavy atom. The van der Waals surface area contributed by atoms with Gasteiger partial charge in [-0.3, -0.25) is 4.40 Å². The molecule has 74 valence electrons. The molecule has 2 aromatic rings. The van der Waals surface area contributed by atoms with Crippen LogP contribution in [0.3, 0.4) is 0 Å². The van der Waals surface area contributed by atoms with E-state index in [4.69, 9.17) is 0 Å². The van der Waals surface area contributed by atoms with Gasteiger partial charge in [0.2, 0.25) is 0 Å². The average molecular weight is 254 g/mol. The molecule has 0 saturated heterocycles. The van der Waals surface area contributed by atoms with Crippen molar-refractivity contribution in [2.45, 2.75) is 6.92 Å². The Labute approximate surface area is 91.5 Å². The summed E-state index contributed by atoms with van der Waals surface area (Å²) < 4.78 is 2.89. The minimum atomic E-state index is 0.857. The summed E-state index contributed by atoms with van der Waals surface area (Å²) in [6.45, 7) is 2.01. The topological polar surface area (TPSA) is 20.5 Å². The summed E-state index contributed by atoms with van der Waals surface area (Å²) >= 11 is 3.42. The second-order valence-corrected chi connectivity index (χ2v) is 4.21. The van der Waals surface area contributed by atoms with Crippen molar-refractivity contribution in [3.63, 3.8) is 0 Å². The van der Waals surface area contributed by atoms with Crippen molar-refractivity contribution in [2.24, 2.45) is 0 Å². The highest BCUT2D eigenvalue weighted by Gasteiger charge is 2.06. The van der Waals surface area contributed by atoms with Crippen molar-refractivity contribution in [2.75, 3.05) is 19.0 Å². The quantitative estimate of drug-likeness (QED) is 0.779. The third kappa shape index (κ3) is 1.39. The van der Waals surface area contributed by atoms with Gasteiger partial charge in [0.25, 0.3) is 0 Å². The first-order valence-electron chi connectivity index (χ1n) is 4.41. The van der Waals surface area contributed by atoms with Gasteiger partial charge in [-0.25, -0.2) is 4.98 Å². The van der Waals surface area contributed by atoms with Crippen LogP contribution in [0.5, 0.6) is 0 Å². The van der Waals surface area contributed by atoms with Crippen molar-refractivity contribution in [3.05, 3.63) is 28.8 Å². The number of pyridine rings is 1. The second-order valence-electron chi connectivity index (χ2n) is 3.50. The molecule has 0 amide bonds. The SMILES string of the molecule is Cc1nc(Br)n2ccc(N(C)C)cc12. The molecule has 0 spiro atoms.